The maximum Gasteiger partial charge on any atom is 0.326 e. The number of carbonyl (C=O) groups excluding carboxylic acids is 3. The summed E-state index contributed by atoms with van der Waals surface area (Å²) < 4.78 is 17.8. The third-order valence-electron chi connectivity index (χ3n) is 4.88. The van der Waals surface area contributed by atoms with Gasteiger partial charge in [0.25, 0.3) is 5.24 Å². The van der Waals surface area contributed by atoms with Crippen LogP contribution in [-0.4, -0.2) is 58.7 Å². The number of hydrogen-bond acceptors (Lipinski definition) is 7. The Morgan fingerprint density at radius 3 is 2.72 bits per heavy atom. The quantitative estimate of drug-likeness (QED) is 0.529. The molecule has 2 aromatic rings. The molecule has 152 valence electrons. The standard InChI is InChI=1S/C20H20N2O6S/c1-12-7-15(16(23)10-26-19(24)9-21-5-6-29-20(21)25)13(2)22(12)14-3-4-17-18(8-14)28-11-27-17/h3-4,7-8H,5-6,9-11H2,1-2H3. The number of hydrogen-bond donors (Lipinski definition) is 0. The topological polar surface area (TPSA) is 87.1 Å². The number of benzene rings is 1. The SMILES string of the molecule is Cc1cc(C(=O)COC(=O)CN2CCSC2=O)c(C)n1-c1ccc2c(c1)OCO2. The molecule has 0 saturated carbocycles. The van der Waals surface area contributed by atoms with Gasteiger partial charge in [0, 0.05) is 41.0 Å². The average molecular weight is 416 g/mol. The maximum atomic E-state index is 12.6. The number of Topliss-reactive ketones (excluding diaryl/α,β-unsaturated/α-hetero) is 1. The lowest BCUT2D eigenvalue weighted by molar-refractivity contribution is -0.142. The second-order valence-corrected chi connectivity index (χ2v) is 7.82. The van der Waals surface area contributed by atoms with Crippen LogP contribution in [0.15, 0.2) is 24.3 Å². The number of rotatable bonds is 6. The molecule has 29 heavy (non-hydrogen) atoms. The van der Waals surface area contributed by atoms with Crippen LogP contribution >= 0.6 is 11.8 Å². The molecule has 1 fully saturated rings. The Labute approximate surface area is 171 Å². The van der Waals surface area contributed by atoms with Gasteiger partial charge in [-0.1, -0.05) is 11.8 Å². The molecule has 1 saturated heterocycles. The lowest BCUT2D eigenvalue weighted by Crippen LogP contribution is -2.31. The van der Waals surface area contributed by atoms with Crippen LogP contribution in [0.5, 0.6) is 11.5 Å². The highest BCUT2D eigenvalue weighted by Gasteiger charge is 2.25. The largest absolute Gasteiger partial charge is 0.456 e. The van der Waals surface area contributed by atoms with Crippen LogP contribution in [0, 0.1) is 13.8 Å². The number of ketones is 1. The number of esters is 1. The predicted octanol–water partition coefficient (Wildman–Crippen LogP) is 2.72. The average Bonchev–Trinajstić information content (AvgIpc) is 3.39. The van der Waals surface area contributed by atoms with Gasteiger partial charge >= 0.3 is 5.97 Å². The summed E-state index contributed by atoms with van der Waals surface area (Å²) >= 11 is 1.17. The van der Waals surface area contributed by atoms with E-state index in [9.17, 15) is 14.4 Å². The van der Waals surface area contributed by atoms with Crippen molar-refractivity contribution in [2.24, 2.45) is 0 Å². The summed E-state index contributed by atoms with van der Waals surface area (Å²) in [6.45, 7) is 3.96. The molecule has 0 N–H and O–H groups in total. The van der Waals surface area contributed by atoms with Gasteiger partial charge in [-0.15, -0.1) is 0 Å². The first-order valence-corrected chi connectivity index (χ1v) is 10.1. The van der Waals surface area contributed by atoms with Crippen LogP contribution in [-0.2, 0) is 9.53 Å². The molecule has 0 atom stereocenters. The van der Waals surface area contributed by atoms with Gasteiger partial charge in [0.05, 0.1) is 0 Å². The van der Waals surface area contributed by atoms with Crippen molar-refractivity contribution in [2.45, 2.75) is 13.8 Å². The molecule has 0 bridgehead atoms. The zero-order chi connectivity index (χ0) is 20.5. The Balaban J connectivity index is 1.45. The summed E-state index contributed by atoms with van der Waals surface area (Å²) in [7, 11) is 0. The van der Waals surface area contributed by atoms with Crippen LogP contribution in [0.4, 0.5) is 4.79 Å². The van der Waals surface area contributed by atoms with E-state index in [1.54, 1.807) is 6.07 Å². The number of thioether (sulfide) groups is 1. The zero-order valence-corrected chi connectivity index (χ0v) is 16.9. The summed E-state index contributed by atoms with van der Waals surface area (Å²) in [6, 6.07) is 7.36. The Hall–Kier alpha value is -2.94. The summed E-state index contributed by atoms with van der Waals surface area (Å²) in [5, 5.41) is -0.138. The molecule has 1 aromatic carbocycles. The Bertz CT molecular complexity index is 999. The molecule has 0 unspecified atom stereocenters. The van der Waals surface area contributed by atoms with E-state index in [2.05, 4.69) is 0 Å². The minimum absolute atomic E-state index is 0.130. The van der Waals surface area contributed by atoms with Gasteiger partial charge in [-0.25, -0.2) is 0 Å². The highest BCUT2D eigenvalue weighted by molar-refractivity contribution is 8.13. The Morgan fingerprint density at radius 1 is 1.17 bits per heavy atom. The van der Waals surface area contributed by atoms with Gasteiger partial charge in [-0.2, -0.15) is 0 Å². The molecule has 9 heteroatoms. The molecule has 4 rings (SSSR count). The second-order valence-electron chi connectivity index (χ2n) is 6.78. The van der Waals surface area contributed by atoms with Crippen LogP contribution in [0.25, 0.3) is 5.69 Å². The minimum Gasteiger partial charge on any atom is -0.456 e. The summed E-state index contributed by atoms with van der Waals surface area (Å²) in [4.78, 5) is 37.6. The number of aryl methyl sites for hydroxylation is 1. The monoisotopic (exact) mass is 416 g/mol. The van der Waals surface area contributed by atoms with Crippen LogP contribution in [0.2, 0.25) is 0 Å². The van der Waals surface area contributed by atoms with Gasteiger partial charge < -0.3 is 23.7 Å². The van der Waals surface area contributed by atoms with Gasteiger partial charge in [-0.3, -0.25) is 14.4 Å². The first kappa shape index (κ1) is 19.4. The molecule has 2 aliphatic rings. The molecule has 0 radical (unpaired) electrons. The number of amides is 1. The van der Waals surface area contributed by atoms with Gasteiger partial charge in [0.2, 0.25) is 12.6 Å². The van der Waals surface area contributed by atoms with Crippen molar-refractivity contribution in [3.63, 3.8) is 0 Å². The predicted molar refractivity (Wildman–Crippen MR) is 106 cm³/mol. The van der Waals surface area contributed by atoms with Crippen molar-refractivity contribution in [1.82, 2.24) is 9.47 Å². The highest BCUT2D eigenvalue weighted by Crippen LogP contribution is 2.35. The minimum atomic E-state index is -0.584. The van der Waals surface area contributed by atoms with E-state index in [0.29, 0.717) is 29.4 Å². The molecular weight excluding hydrogens is 396 g/mol. The van der Waals surface area contributed by atoms with E-state index in [0.717, 1.165) is 17.1 Å². The van der Waals surface area contributed by atoms with Crippen molar-refractivity contribution in [3.8, 4) is 17.2 Å². The van der Waals surface area contributed by atoms with Crippen LogP contribution < -0.4 is 9.47 Å². The number of carbonyl (C=O) groups is 3. The van der Waals surface area contributed by atoms with Crippen LogP contribution in [0.1, 0.15) is 21.7 Å². The third kappa shape index (κ3) is 3.82. The van der Waals surface area contributed by atoms with Gasteiger partial charge in [0.1, 0.15) is 6.54 Å². The summed E-state index contributed by atoms with van der Waals surface area (Å²) in [5.41, 5.74) is 2.95. The van der Waals surface area contributed by atoms with E-state index in [1.165, 1.54) is 16.7 Å². The number of ether oxygens (including phenoxy) is 3. The molecule has 3 heterocycles. The van der Waals surface area contributed by atoms with Crippen molar-refractivity contribution in [1.29, 1.82) is 0 Å². The zero-order valence-electron chi connectivity index (χ0n) is 16.1. The molecule has 8 nitrogen and oxygen atoms in total. The summed E-state index contributed by atoms with van der Waals surface area (Å²) in [6.07, 6.45) is 0. The van der Waals surface area contributed by atoms with Crippen LogP contribution in [0.3, 0.4) is 0 Å². The Morgan fingerprint density at radius 2 is 1.97 bits per heavy atom. The lowest BCUT2D eigenvalue weighted by Gasteiger charge is -2.13. The number of fused-ring (bicyclic) bond motifs is 1. The Kier molecular flexibility index (Phi) is 5.23. The van der Waals surface area contributed by atoms with E-state index in [4.69, 9.17) is 14.2 Å². The lowest BCUT2D eigenvalue weighted by atomic mass is 10.1. The van der Waals surface area contributed by atoms with Crippen molar-refractivity contribution >= 4 is 28.8 Å². The van der Waals surface area contributed by atoms with E-state index >= 15 is 0 Å². The van der Waals surface area contributed by atoms with Crippen molar-refractivity contribution < 1.29 is 28.6 Å². The van der Waals surface area contributed by atoms with E-state index < -0.39 is 5.97 Å². The van der Waals surface area contributed by atoms with Gasteiger partial charge in [0.15, 0.2) is 18.1 Å². The van der Waals surface area contributed by atoms with E-state index in [-0.39, 0.29) is 31.0 Å². The normalized spacial score (nSPS) is 15.1. The second kappa shape index (κ2) is 7.82. The van der Waals surface area contributed by atoms with E-state index in [1.807, 2.05) is 36.6 Å². The molecule has 2 aliphatic heterocycles. The number of nitrogens with zero attached hydrogens (tertiary/aromatic N) is 2. The summed E-state index contributed by atoms with van der Waals surface area (Å²) in [5.74, 6) is 1.14. The fourth-order valence-corrected chi connectivity index (χ4v) is 4.29. The van der Waals surface area contributed by atoms with Crippen molar-refractivity contribution in [3.05, 3.63) is 41.2 Å². The molecular formula is C20H20N2O6S. The smallest absolute Gasteiger partial charge is 0.326 e. The highest BCUT2D eigenvalue weighted by atomic mass is 32.2. The molecule has 0 aliphatic carbocycles. The third-order valence-corrected chi connectivity index (χ3v) is 5.77. The number of aromatic nitrogens is 1. The fourth-order valence-electron chi connectivity index (χ4n) is 3.46. The maximum absolute atomic E-state index is 12.6. The van der Waals surface area contributed by atoms with Crippen molar-refractivity contribution in [2.75, 3.05) is 32.2 Å². The molecule has 1 aromatic heterocycles. The fraction of sp³-hybridized carbons (Fsp3) is 0.350. The van der Waals surface area contributed by atoms with Gasteiger partial charge in [-0.05, 0) is 32.0 Å². The molecule has 0 spiro atoms. The first-order chi connectivity index (χ1) is 13.9. The molecule has 1 amide bonds. The first-order valence-electron chi connectivity index (χ1n) is 9.13.